The van der Waals surface area contributed by atoms with E-state index in [-0.39, 0.29) is 17.4 Å². The molecular weight excluding hydrogens is 471 g/mol. The molecule has 0 bridgehead atoms. The van der Waals surface area contributed by atoms with E-state index >= 15 is 0 Å². The molecule has 186 valence electrons. The number of aliphatic carboxylic acids is 1. The normalized spacial score (nSPS) is 20.3. The number of carbonyl (C=O) groups is 2. The lowest BCUT2D eigenvalue weighted by molar-refractivity contribution is -0.192. The summed E-state index contributed by atoms with van der Waals surface area (Å²) in [5.74, 6) is -2.51. The van der Waals surface area contributed by atoms with E-state index in [1.165, 1.54) is 5.01 Å². The molecule has 1 aromatic heterocycles. The van der Waals surface area contributed by atoms with Gasteiger partial charge >= 0.3 is 12.1 Å². The molecule has 7 nitrogen and oxygen atoms in total. The van der Waals surface area contributed by atoms with Crippen LogP contribution in [0.15, 0.2) is 41.9 Å². The Morgan fingerprint density at radius 1 is 1.26 bits per heavy atom. The Kier molecular flexibility index (Phi) is 8.67. The molecule has 11 heteroatoms. The van der Waals surface area contributed by atoms with Crippen molar-refractivity contribution in [2.75, 3.05) is 33.4 Å². The number of carboxylic acid groups (broad SMARTS) is 1. The maximum atomic E-state index is 13.3. The second kappa shape index (κ2) is 11.3. The van der Waals surface area contributed by atoms with Crippen molar-refractivity contribution in [2.24, 2.45) is 0 Å². The lowest BCUT2D eigenvalue weighted by Gasteiger charge is -2.44. The second-order valence-electron chi connectivity index (χ2n) is 8.38. The fourth-order valence-electron chi connectivity index (χ4n) is 4.60. The molecule has 1 unspecified atom stereocenters. The van der Waals surface area contributed by atoms with Crippen molar-refractivity contribution in [3.8, 4) is 0 Å². The number of ether oxygens (including phenoxy) is 1. The van der Waals surface area contributed by atoms with Crippen molar-refractivity contribution in [2.45, 2.75) is 43.4 Å². The molecule has 0 radical (unpaired) electrons. The minimum atomic E-state index is -5.08. The molecule has 1 N–H and O–H groups in total. The molecule has 3 heterocycles. The molecule has 2 aliphatic rings. The Bertz CT molecular complexity index is 933. The van der Waals surface area contributed by atoms with Gasteiger partial charge in [-0.3, -0.25) is 9.69 Å². The molecule has 1 amide bonds. The van der Waals surface area contributed by atoms with Gasteiger partial charge in [0.05, 0.1) is 19.1 Å². The van der Waals surface area contributed by atoms with E-state index in [1.54, 1.807) is 18.4 Å². The molecule has 1 atom stereocenters. The third kappa shape index (κ3) is 6.34. The van der Waals surface area contributed by atoms with E-state index in [0.717, 1.165) is 44.5 Å². The lowest BCUT2D eigenvalue weighted by atomic mass is 9.81. The lowest BCUT2D eigenvalue weighted by Crippen LogP contribution is -2.53. The fraction of sp³-hybridized carbons (Fsp3) is 0.522. The molecular formula is C23H28F3N3O4S. The summed E-state index contributed by atoms with van der Waals surface area (Å²) in [4.78, 5) is 31.2. The fourth-order valence-corrected chi connectivity index (χ4v) is 5.26. The standard InChI is InChI=1S/C21H27N3O2S.C2HF3O2/c1-26-13-12-24-20(25)18(17-5-3-2-4-6-17)15-21(24)7-10-23(11-8-21)16-19-22-9-14-27-19;3-2(4,5)1(6)7/h2-6,9,14,18H,7-8,10-13,15-16H2,1H3;(H,6,7). The molecule has 0 aliphatic carbocycles. The highest BCUT2D eigenvalue weighted by Crippen LogP contribution is 2.45. The number of methoxy groups -OCH3 is 1. The van der Waals surface area contributed by atoms with E-state index in [2.05, 4.69) is 26.9 Å². The SMILES string of the molecule is COCCN1C(=O)C(c2ccccc2)CC12CCN(Cc1nccs1)CC2.O=C(O)C(F)(F)F. The number of carbonyl (C=O) groups excluding carboxylic acids is 1. The number of amides is 1. The number of nitrogens with zero attached hydrogens (tertiary/aromatic N) is 3. The number of likely N-dealkylation sites (tertiary alicyclic amines) is 2. The summed E-state index contributed by atoms with van der Waals surface area (Å²) in [7, 11) is 1.71. The number of halogens is 3. The predicted molar refractivity (Wildman–Crippen MR) is 120 cm³/mol. The molecule has 34 heavy (non-hydrogen) atoms. The zero-order valence-electron chi connectivity index (χ0n) is 18.8. The van der Waals surface area contributed by atoms with Gasteiger partial charge in [-0.2, -0.15) is 13.2 Å². The number of hydrogen-bond donors (Lipinski definition) is 1. The summed E-state index contributed by atoms with van der Waals surface area (Å²) < 4.78 is 37.0. The largest absolute Gasteiger partial charge is 0.490 e. The van der Waals surface area contributed by atoms with E-state index < -0.39 is 12.1 Å². The van der Waals surface area contributed by atoms with Gasteiger partial charge in [0, 0.05) is 43.9 Å². The number of rotatable bonds is 6. The minimum absolute atomic E-state index is 0.0198. The predicted octanol–water partition coefficient (Wildman–Crippen LogP) is 3.77. The van der Waals surface area contributed by atoms with Crippen LogP contribution in [0, 0.1) is 0 Å². The zero-order chi connectivity index (χ0) is 24.8. The summed E-state index contributed by atoms with van der Waals surface area (Å²) >= 11 is 1.72. The van der Waals surface area contributed by atoms with Gasteiger partial charge in [0.2, 0.25) is 5.91 Å². The Morgan fingerprint density at radius 2 is 1.91 bits per heavy atom. The highest BCUT2D eigenvalue weighted by Gasteiger charge is 2.51. The van der Waals surface area contributed by atoms with Crippen molar-refractivity contribution in [3.63, 3.8) is 0 Å². The maximum Gasteiger partial charge on any atom is 0.490 e. The molecule has 1 aromatic carbocycles. The molecule has 2 aromatic rings. The van der Waals surface area contributed by atoms with Crippen molar-refractivity contribution in [3.05, 3.63) is 52.5 Å². The van der Waals surface area contributed by atoms with Gasteiger partial charge in [-0.1, -0.05) is 30.3 Å². The summed E-state index contributed by atoms with van der Waals surface area (Å²) in [6, 6.07) is 10.3. The van der Waals surface area contributed by atoms with Crippen LogP contribution >= 0.6 is 11.3 Å². The Balaban J connectivity index is 0.000000406. The van der Waals surface area contributed by atoms with Gasteiger partial charge in [-0.25, -0.2) is 9.78 Å². The first-order valence-electron chi connectivity index (χ1n) is 10.9. The Hall–Kier alpha value is -2.50. The van der Waals surface area contributed by atoms with Crippen LogP contribution in [0.3, 0.4) is 0 Å². The molecule has 1 spiro atoms. The van der Waals surface area contributed by atoms with E-state index in [9.17, 15) is 18.0 Å². The smallest absolute Gasteiger partial charge is 0.475 e. The van der Waals surface area contributed by atoms with Crippen LogP contribution in [0.2, 0.25) is 0 Å². The summed E-state index contributed by atoms with van der Waals surface area (Å²) in [6.45, 7) is 4.22. The molecule has 0 saturated carbocycles. The number of thiazole rings is 1. The monoisotopic (exact) mass is 499 g/mol. The van der Waals surface area contributed by atoms with E-state index in [0.29, 0.717) is 13.2 Å². The van der Waals surface area contributed by atoms with Crippen LogP contribution in [-0.4, -0.2) is 76.8 Å². The van der Waals surface area contributed by atoms with Gasteiger partial charge in [0.1, 0.15) is 5.01 Å². The topological polar surface area (TPSA) is 83.0 Å². The molecule has 4 rings (SSSR count). The second-order valence-corrected chi connectivity index (χ2v) is 9.36. The molecule has 2 fully saturated rings. The number of hydrogen-bond acceptors (Lipinski definition) is 6. The Morgan fingerprint density at radius 3 is 2.44 bits per heavy atom. The van der Waals surface area contributed by atoms with E-state index in [1.807, 2.05) is 29.8 Å². The van der Waals surface area contributed by atoms with Crippen LogP contribution in [0.1, 0.15) is 35.8 Å². The maximum absolute atomic E-state index is 13.3. The number of benzene rings is 1. The quantitative estimate of drug-likeness (QED) is 0.652. The van der Waals surface area contributed by atoms with Crippen LogP contribution in [0.4, 0.5) is 13.2 Å². The van der Waals surface area contributed by atoms with Crippen LogP contribution in [0.5, 0.6) is 0 Å². The van der Waals surface area contributed by atoms with Gasteiger partial charge < -0.3 is 14.7 Å². The van der Waals surface area contributed by atoms with Gasteiger partial charge in [0.15, 0.2) is 0 Å². The van der Waals surface area contributed by atoms with E-state index in [4.69, 9.17) is 14.6 Å². The average Bonchev–Trinajstić information content (AvgIpc) is 3.41. The van der Waals surface area contributed by atoms with Crippen molar-refractivity contribution in [1.82, 2.24) is 14.8 Å². The van der Waals surface area contributed by atoms with Gasteiger partial charge in [-0.05, 0) is 24.8 Å². The third-order valence-corrected chi connectivity index (χ3v) is 7.08. The first kappa shape index (κ1) is 26.1. The third-order valence-electron chi connectivity index (χ3n) is 6.31. The summed E-state index contributed by atoms with van der Waals surface area (Å²) in [5, 5.41) is 10.3. The van der Waals surface area contributed by atoms with Crippen molar-refractivity contribution in [1.29, 1.82) is 0 Å². The van der Waals surface area contributed by atoms with Gasteiger partial charge in [-0.15, -0.1) is 11.3 Å². The molecule has 2 aliphatic heterocycles. The minimum Gasteiger partial charge on any atom is -0.475 e. The van der Waals surface area contributed by atoms with Crippen molar-refractivity contribution < 1.29 is 32.6 Å². The van der Waals surface area contributed by atoms with Crippen molar-refractivity contribution >= 4 is 23.2 Å². The Labute approximate surface area is 200 Å². The summed E-state index contributed by atoms with van der Waals surface area (Å²) in [6.07, 6.45) is -0.239. The summed E-state index contributed by atoms with van der Waals surface area (Å²) in [5.41, 5.74) is 1.11. The highest BCUT2D eigenvalue weighted by molar-refractivity contribution is 7.09. The number of aromatic nitrogens is 1. The van der Waals surface area contributed by atoms with Crippen LogP contribution < -0.4 is 0 Å². The first-order valence-corrected chi connectivity index (χ1v) is 11.8. The van der Waals surface area contributed by atoms with Crippen LogP contribution in [-0.2, 0) is 20.9 Å². The van der Waals surface area contributed by atoms with Crippen LogP contribution in [0.25, 0.3) is 0 Å². The van der Waals surface area contributed by atoms with Gasteiger partial charge in [0.25, 0.3) is 0 Å². The number of piperidine rings is 1. The number of carboxylic acids is 1. The molecule has 2 saturated heterocycles. The number of alkyl halides is 3. The average molecular weight is 500 g/mol. The highest BCUT2D eigenvalue weighted by atomic mass is 32.1. The first-order chi connectivity index (χ1) is 16.2. The zero-order valence-corrected chi connectivity index (χ0v) is 19.6.